The molecule has 8 heteroatoms. The lowest BCUT2D eigenvalue weighted by atomic mass is 10.2. The standard InChI is InChI=1S/C21H24N2O6/c1-5-11-29-17-10-8-15(13-19(17)27-4)21(25)23-22-20(24)14-7-9-16(28-6-2)18(12-14)26-3/h5,7-10,12-13H,1,6,11H2,2-4H3,(H,22,24)(H,23,25). The second-order valence-electron chi connectivity index (χ2n) is 5.67. The summed E-state index contributed by atoms with van der Waals surface area (Å²) in [6.45, 7) is 6.21. The van der Waals surface area contributed by atoms with Crippen molar-refractivity contribution in [3.8, 4) is 23.0 Å². The monoisotopic (exact) mass is 400 g/mol. The molecule has 8 nitrogen and oxygen atoms in total. The summed E-state index contributed by atoms with van der Waals surface area (Å²) < 4.78 is 21.3. The molecule has 2 rings (SSSR count). The van der Waals surface area contributed by atoms with Crippen LogP contribution in [0.4, 0.5) is 0 Å². The first kappa shape index (κ1) is 21.6. The summed E-state index contributed by atoms with van der Waals surface area (Å²) in [7, 11) is 2.95. The molecule has 0 saturated carbocycles. The maximum atomic E-state index is 12.4. The minimum atomic E-state index is -0.509. The zero-order valence-corrected chi connectivity index (χ0v) is 16.6. The van der Waals surface area contributed by atoms with Crippen molar-refractivity contribution in [2.45, 2.75) is 6.92 Å². The maximum Gasteiger partial charge on any atom is 0.269 e. The molecular weight excluding hydrogens is 376 g/mol. The fourth-order valence-electron chi connectivity index (χ4n) is 2.42. The second-order valence-corrected chi connectivity index (χ2v) is 5.67. The second kappa shape index (κ2) is 10.6. The highest BCUT2D eigenvalue weighted by Gasteiger charge is 2.14. The van der Waals surface area contributed by atoms with Gasteiger partial charge >= 0.3 is 0 Å². The van der Waals surface area contributed by atoms with Crippen LogP contribution >= 0.6 is 0 Å². The number of hydrogen-bond acceptors (Lipinski definition) is 6. The summed E-state index contributed by atoms with van der Waals surface area (Å²) in [6, 6.07) is 9.41. The van der Waals surface area contributed by atoms with E-state index in [0.717, 1.165) is 0 Å². The molecule has 0 spiro atoms. The van der Waals surface area contributed by atoms with Gasteiger partial charge in [0.15, 0.2) is 23.0 Å². The number of hydrazine groups is 1. The molecule has 0 unspecified atom stereocenters. The van der Waals surface area contributed by atoms with Crippen molar-refractivity contribution in [3.05, 3.63) is 60.2 Å². The van der Waals surface area contributed by atoms with Crippen molar-refractivity contribution in [1.29, 1.82) is 0 Å². The van der Waals surface area contributed by atoms with Gasteiger partial charge in [-0.1, -0.05) is 12.7 Å². The van der Waals surface area contributed by atoms with Crippen LogP contribution in [0.1, 0.15) is 27.6 Å². The fraction of sp³-hybridized carbons (Fsp3) is 0.238. The Kier molecular flexibility index (Phi) is 7.90. The van der Waals surface area contributed by atoms with E-state index in [2.05, 4.69) is 17.4 Å². The topological polar surface area (TPSA) is 95.1 Å². The number of nitrogens with one attached hydrogen (secondary N) is 2. The van der Waals surface area contributed by atoms with Crippen LogP contribution in [0.5, 0.6) is 23.0 Å². The highest BCUT2D eigenvalue weighted by molar-refractivity contribution is 5.99. The Hall–Kier alpha value is -3.68. The molecule has 0 radical (unpaired) electrons. The van der Waals surface area contributed by atoms with Gasteiger partial charge in [0, 0.05) is 11.1 Å². The van der Waals surface area contributed by atoms with Crippen LogP contribution in [-0.2, 0) is 0 Å². The average molecular weight is 400 g/mol. The summed E-state index contributed by atoms with van der Waals surface area (Å²) in [5, 5.41) is 0. The van der Waals surface area contributed by atoms with E-state index in [9.17, 15) is 9.59 Å². The zero-order chi connectivity index (χ0) is 21.2. The molecule has 0 saturated heterocycles. The molecule has 2 amide bonds. The van der Waals surface area contributed by atoms with E-state index in [1.807, 2.05) is 6.92 Å². The van der Waals surface area contributed by atoms with Crippen LogP contribution < -0.4 is 29.8 Å². The van der Waals surface area contributed by atoms with Crippen molar-refractivity contribution in [3.63, 3.8) is 0 Å². The van der Waals surface area contributed by atoms with E-state index >= 15 is 0 Å². The first-order chi connectivity index (χ1) is 14.0. The van der Waals surface area contributed by atoms with Gasteiger partial charge in [-0.25, -0.2) is 0 Å². The van der Waals surface area contributed by atoms with E-state index in [1.165, 1.54) is 26.4 Å². The van der Waals surface area contributed by atoms with Gasteiger partial charge in [0.2, 0.25) is 0 Å². The summed E-state index contributed by atoms with van der Waals surface area (Å²) in [6.07, 6.45) is 1.60. The predicted octanol–water partition coefficient (Wildman–Crippen LogP) is 2.74. The first-order valence-corrected chi connectivity index (χ1v) is 8.87. The molecule has 0 atom stereocenters. The molecule has 2 N–H and O–H groups in total. The Morgan fingerprint density at radius 2 is 1.34 bits per heavy atom. The summed E-state index contributed by atoms with van der Waals surface area (Å²) in [4.78, 5) is 24.7. The van der Waals surface area contributed by atoms with Gasteiger partial charge in [-0.3, -0.25) is 20.4 Å². The molecule has 0 aliphatic rings. The number of amides is 2. The van der Waals surface area contributed by atoms with Crippen LogP contribution in [0.3, 0.4) is 0 Å². The van der Waals surface area contributed by atoms with Gasteiger partial charge in [0.05, 0.1) is 20.8 Å². The van der Waals surface area contributed by atoms with Gasteiger partial charge in [-0.2, -0.15) is 0 Å². The molecule has 0 heterocycles. The molecule has 29 heavy (non-hydrogen) atoms. The van der Waals surface area contributed by atoms with Crippen molar-refractivity contribution >= 4 is 11.8 Å². The SMILES string of the molecule is C=CCOc1ccc(C(=O)NNC(=O)c2ccc(OCC)c(OC)c2)cc1OC. The normalized spacial score (nSPS) is 9.90. The molecule has 2 aromatic carbocycles. The Bertz CT molecular complexity index is 881. The number of rotatable bonds is 9. The van der Waals surface area contributed by atoms with Crippen LogP contribution in [0.15, 0.2) is 49.1 Å². The van der Waals surface area contributed by atoms with Gasteiger partial charge in [-0.15, -0.1) is 0 Å². The molecule has 0 aliphatic heterocycles. The average Bonchev–Trinajstić information content (AvgIpc) is 2.76. The number of carbonyl (C=O) groups is 2. The highest BCUT2D eigenvalue weighted by Crippen LogP contribution is 2.29. The summed E-state index contributed by atoms with van der Waals surface area (Å²) >= 11 is 0. The highest BCUT2D eigenvalue weighted by atomic mass is 16.5. The Balaban J connectivity index is 2.04. The lowest BCUT2D eigenvalue weighted by Gasteiger charge is -2.13. The Morgan fingerprint density at radius 1 is 0.862 bits per heavy atom. The molecule has 0 aliphatic carbocycles. The van der Waals surface area contributed by atoms with Gasteiger partial charge in [0.25, 0.3) is 11.8 Å². The Labute approximate surface area is 169 Å². The van der Waals surface area contributed by atoms with Crippen LogP contribution in [0.2, 0.25) is 0 Å². The fourth-order valence-corrected chi connectivity index (χ4v) is 2.42. The minimum Gasteiger partial charge on any atom is -0.493 e. The van der Waals surface area contributed by atoms with E-state index in [0.29, 0.717) is 41.8 Å². The number of benzene rings is 2. The van der Waals surface area contributed by atoms with Crippen LogP contribution in [-0.4, -0.2) is 39.2 Å². The predicted molar refractivity (Wildman–Crippen MR) is 108 cm³/mol. The summed E-state index contributed by atoms with van der Waals surface area (Å²) in [5.41, 5.74) is 5.32. The minimum absolute atomic E-state index is 0.289. The summed E-state index contributed by atoms with van der Waals surface area (Å²) in [5.74, 6) is 0.811. The third-order valence-corrected chi connectivity index (χ3v) is 3.80. The van der Waals surface area contributed by atoms with Crippen LogP contribution in [0.25, 0.3) is 0 Å². The van der Waals surface area contributed by atoms with E-state index < -0.39 is 11.8 Å². The molecule has 0 fully saturated rings. The van der Waals surface area contributed by atoms with E-state index in [1.54, 1.807) is 30.3 Å². The van der Waals surface area contributed by atoms with Crippen molar-refractivity contribution in [1.82, 2.24) is 10.9 Å². The number of ether oxygens (including phenoxy) is 4. The van der Waals surface area contributed by atoms with Crippen LogP contribution in [0, 0.1) is 0 Å². The van der Waals surface area contributed by atoms with Gasteiger partial charge in [0.1, 0.15) is 6.61 Å². The molecule has 154 valence electrons. The van der Waals surface area contributed by atoms with Crippen molar-refractivity contribution in [2.24, 2.45) is 0 Å². The first-order valence-electron chi connectivity index (χ1n) is 8.87. The molecule has 0 aromatic heterocycles. The third-order valence-electron chi connectivity index (χ3n) is 3.80. The van der Waals surface area contributed by atoms with E-state index in [4.69, 9.17) is 18.9 Å². The number of hydrogen-bond donors (Lipinski definition) is 2. The molecule has 0 bridgehead atoms. The lowest BCUT2D eigenvalue weighted by molar-refractivity contribution is 0.0846. The van der Waals surface area contributed by atoms with E-state index in [-0.39, 0.29) is 5.56 Å². The van der Waals surface area contributed by atoms with Crippen molar-refractivity contribution < 1.29 is 28.5 Å². The number of methoxy groups -OCH3 is 2. The number of carbonyl (C=O) groups excluding carboxylic acids is 2. The van der Waals surface area contributed by atoms with Crippen molar-refractivity contribution in [2.75, 3.05) is 27.4 Å². The Morgan fingerprint density at radius 3 is 1.76 bits per heavy atom. The largest absolute Gasteiger partial charge is 0.493 e. The zero-order valence-electron chi connectivity index (χ0n) is 16.6. The smallest absolute Gasteiger partial charge is 0.269 e. The lowest BCUT2D eigenvalue weighted by Crippen LogP contribution is -2.41. The third kappa shape index (κ3) is 5.65. The van der Waals surface area contributed by atoms with Gasteiger partial charge in [-0.05, 0) is 43.3 Å². The maximum absolute atomic E-state index is 12.4. The van der Waals surface area contributed by atoms with Gasteiger partial charge < -0.3 is 18.9 Å². The molecular formula is C21H24N2O6. The molecule has 2 aromatic rings. The quantitative estimate of drug-likeness (QED) is 0.496.